The molecule has 4 rings (SSSR count). The van der Waals surface area contributed by atoms with Crippen LogP contribution in [0.2, 0.25) is 0 Å². The molecule has 1 aromatic rings. The van der Waals surface area contributed by atoms with Crippen molar-refractivity contribution in [2.45, 2.75) is 111 Å². The van der Waals surface area contributed by atoms with Crippen LogP contribution in [0.25, 0.3) is 0 Å². The Balaban J connectivity index is 1.65. The van der Waals surface area contributed by atoms with E-state index in [0.717, 1.165) is 6.92 Å². The van der Waals surface area contributed by atoms with Crippen LogP contribution in [0, 0.1) is 4.91 Å². The fourth-order valence-electron chi connectivity index (χ4n) is 6.22. The summed E-state index contributed by atoms with van der Waals surface area (Å²) in [5, 5.41) is 131. The maximum Gasteiger partial charge on any atom is 0.364 e. The Morgan fingerprint density at radius 2 is 1.65 bits per heavy atom. The van der Waals surface area contributed by atoms with E-state index in [1.807, 2.05) is 0 Å². The minimum absolute atomic E-state index is 0.657. The van der Waals surface area contributed by atoms with Crippen LogP contribution >= 0.6 is 0 Å². The third-order valence-corrected chi connectivity index (χ3v) is 8.85. The van der Waals surface area contributed by atoms with E-state index in [2.05, 4.69) is 25.8 Å². The smallest absolute Gasteiger partial charge is 0.364 e. The molecule has 0 aliphatic carbocycles. The number of amides is 2. The number of carboxylic acid groups (broad SMARTS) is 1. The standard InChI is InChI=1S/C28H41N5O21/c1-7(37)29-14-9(38)3-28(26(46)47,53-21(14)17(41)10(39)4-34)54-22-18(42)11(5-35)51-25(19(22)43)52-20-12(6-36)50-24(45)16(15(20)33-49)32-23(44)8-2-13(40)31-27(48)30-8/h2,9-12,14-22,24-25,34-36,38-39,41-43,45H,3-6H2,1H3,(H,29,37)(H,32,44)(H,46,47)(H2,30,31,40,48)/t9?,10-,11?,12?,14-,15?,16?,17-,18+,19?,20-,21?,22?,24-,25+,28+/m1/s1. The molecule has 3 aliphatic heterocycles. The summed E-state index contributed by atoms with van der Waals surface area (Å²) in [6.07, 6.45) is -25.5. The van der Waals surface area contributed by atoms with Crippen molar-refractivity contribution in [3.05, 3.63) is 16.7 Å². The molecule has 3 aliphatic rings. The predicted octanol–water partition coefficient (Wildman–Crippen LogP) is -7.81. The van der Waals surface area contributed by atoms with Gasteiger partial charge in [-0.25, -0.2) is 4.79 Å². The van der Waals surface area contributed by atoms with Crippen LogP contribution in [0.15, 0.2) is 11.2 Å². The van der Waals surface area contributed by atoms with Crippen LogP contribution < -0.4 is 10.6 Å². The van der Waals surface area contributed by atoms with E-state index in [1.54, 1.807) is 0 Å². The van der Waals surface area contributed by atoms with E-state index in [4.69, 9.17) is 23.7 Å². The molecule has 8 unspecified atom stereocenters. The lowest BCUT2D eigenvalue weighted by molar-refractivity contribution is -0.378. The third-order valence-electron chi connectivity index (χ3n) is 8.85. The van der Waals surface area contributed by atoms with Crippen molar-refractivity contribution in [2.75, 3.05) is 19.8 Å². The summed E-state index contributed by atoms with van der Waals surface area (Å²) < 4.78 is 27.6. The second-order valence-corrected chi connectivity index (χ2v) is 12.5. The van der Waals surface area contributed by atoms with Crippen molar-refractivity contribution < 1.29 is 99.3 Å². The Morgan fingerprint density at radius 1 is 0.981 bits per heavy atom. The van der Waals surface area contributed by atoms with Crippen LogP contribution in [-0.2, 0) is 33.3 Å². The first-order chi connectivity index (χ1) is 25.4. The van der Waals surface area contributed by atoms with Crippen molar-refractivity contribution in [1.82, 2.24) is 20.6 Å². The average Bonchev–Trinajstić information content (AvgIpc) is 3.11. The van der Waals surface area contributed by atoms with Gasteiger partial charge < -0.3 is 95.6 Å². The Labute approximate surface area is 302 Å². The van der Waals surface area contributed by atoms with Crippen LogP contribution in [-0.4, -0.2) is 206 Å². The molecule has 26 nitrogen and oxygen atoms in total. The molecular formula is C28H41N5O21. The summed E-state index contributed by atoms with van der Waals surface area (Å²) in [5.74, 6) is -8.00. The number of nitrogens with one attached hydrogen (secondary N) is 2. The molecule has 2 amide bonds. The SMILES string of the molecule is CC(=O)N[C@@H]1C(O)C[C@](OC2C(O)[C@H](O[C@@H]3C(CO)O[C@@H](O)C(NC(=O)c4cc(O)nc(O)n4)C3N=O)OC(CO)[C@@H]2O)(C(=O)O)OC1[C@H](O)[C@H](O)CO. The van der Waals surface area contributed by atoms with Gasteiger partial charge in [0.1, 0.15) is 72.7 Å². The number of aliphatic hydroxyl groups is 9. The molecular weight excluding hydrogens is 742 g/mol. The van der Waals surface area contributed by atoms with Gasteiger partial charge in [0.2, 0.25) is 11.8 Å². The molecule has 3 fully saturated rings. The largest absolute Gasteiger partial charge is 0.493 e. The molecule has 26 heteroatoms. The molecule has 1 aromatic heterocycles. The zero-order valence-corrected chi connectivity index (χ0v) is 27.9. The van der Waals surface area contributed by atoms with E-state index >= 15 is 0 Å². The van der Waals surface area contributed by atoms with Crippen LogP contribution in [0.3, 0.4) is 0 Å². The molecule has 304 valence electrons. The molecule has 0 radical (unpaired) electrons. The molecule has 3 saturated heterocycles. The van der Waals surface area contributed by atoms with Gasteiger partial charge in [-0.3, -0.25) is 9.59 Å². The van der Waals surface area contributed by atoms with Crippen molar-refractivity contribution >= 4 is 17.8 Å². The minimum Gasteiger partial charge on any atom is -0.493 e. The molecule has 0 spiro atoms. The number of hydrogen-bond donors (Lipinski definition) is 14. The first-order valence-electron chi connectivity index (χ1n) is 16.1. The second-order valence-electron chi connectivity index (χ2n) is 12.5. The van der Waals surface area contributed by atoms with E-state index < -0.39 is 159 Å². The lowest BCUT2D eigenvalue weighted by Gasteiger charge is -2.50. The van der Waals surface area contributed by atoms with Crippen molar-refractivity contribution in [2.24, 2.45) is 5.18 Å². The highest BCUT2D eigenvalue weighted by atomic mass is 16.8. The van der Waals surface area contributed by atoms with E-state index in [0.29, 0.717) is 6.07 Å². The number of nitroso groups, excluding NO2 is 1. The number of rotatable bonds is 14. The molecule has 54 heavy (non-hydrogen) atoms. The number of aromatic hydroxyl groups is 2. The molecule has 14 N–H and O–H groups in total. The highest BCUT2D eigenvalue weighted by Crippen LogP contribution is 2.38. The monoisotopic (exact) mass is 783 g/mol. The Hall–Kier alpha value is -3.87. The predicted molar refractivity (Wildman–Crippen MR) is 164 cm³/mol. The lowest BCUT2D eigenvalue weighted by atomic mass is 9.88. The fraction of sp³-hybridized carbons (Fsp3) is 0.750. The fourth-order valence-corrected chi connectivity index (χ4v) is 6.22. The van der Waals surface area contributed by atoms with Gasteiger partial charge in [-0.1, -0.05) is 5.18 Å². The number of carboxylic acids is 1. The van der Waals surface area contributed by atoms with Gasteiger partial charge in [0, 0.05) is 19.4 Å². The summed E-state index contributed by atoms with van der Waals surface area (Å²) in [5.41, 5.74) is -0.657. The molecule has 0 aromatic carbocycles. The van der Waals surface area contributed by atoms with E-state index in [1.165, 1.54) is 0 Å². The summed E-state index contributed by atoms with van der Waals surface area (Å²) >= 11 is 0. The zero-order valence-electron chi connectivity index (χ0n) is 27.9. The number of hydrogen-bond acceptors (Lipinski definition) is 23. The van der Waals surface area contributed by atoms with Gasteiger partial charge in [0.05, 0.1) is 32.0 Å². The van der Waals surface area contributed by atoms with Crippen LogP contribution in [0.1, 0.15) is 23.8 Å². The summed E-state index contributed by atoms with van der Waals surface area (Å²) in [4.78, 5) is 56.3. The van der Waals surface area contributed by atoms with Gasteiger partial charge in [-0.05, 0) is 0 Å². The molecule has 4 heterocycles. The number of nitrogens with zero attached hydrogens (tertiary/aromatic N) is 3. The van der Waals surface area contributed by atoms with Crippen molar-refractivity contribution in [3.63, 3.8) is 0 Å². The van der Waals surface area contributed by atoms with Crippen molar-refractivity contribution in [3.8, 4) is 11.9 Å². The van der Waals surface area contributed by atoms with Gasteiger partial charge in [-0.2, -0.15) is 14.9 Å². The van der Waals surface area contributed by atoms with E-state index in [9.17, 15) is 80.6 Å². The van der Waals surface area contributed by atoms with Gasteiger partial charge in [0.15, 0.2) is 12.6 Å². The molecule has 0 bridgehead atoms. The first kappa shape index (κ1) is 42.9. The third kappa shape index (κ3) is 8.98. The van der Waals surface area contributed by atoms with Crippen LogP contribution in [0.5, 0.6) is 11.9 Å². The summed E-state index contributed by atoms with van der Waals surface area (Å²) in [7, 11) is 0. The zero-order chi connectivity index (χ0) is 40.2. The minimum atomic E-state index is -3.12. The number of aromatic nitrogens is 2. The van der Waals surface area contributed by atoms with Crippen molar-refractivity contribution in [1.29, 1.82) is 0 Å². The summed E-state index contributed by atoms with van der Waals surface area (Å²) in [6, 6.07) is -5.68. The van der Waals surface area contributed by atoms with E-state index in [-0.39, 0.29) is 0 Å². The molecule has 0 saturated carbocycles. The molecule has 16 atom stereocenters. The maximum absolute atomic E-state index is 12.9. The highest BCUT2D eigenvalue weighted by Gasteiger charge is 2.60. The lowest BCUT2D eigenvalue weighted by Crippen LogP contribution is -2.71. The average molecular weight is 784 g/mol. The number of carbonyl (C=O) groups is 3. The Kier molecular flexibility index (Phi) is 14.1. The van der Waals surface area contributed by atoms with Crippen LogP contribution in [0.4, 0.5) is 0 Å². The topological polar surface area (TPSA) is 419 Å². The Morgan fingerprint density at radius 3 is 2.20 bits per heavy atom. The highest BCUT2D eigenvalue weighted by molar-refractivity contribution is 5.92. The number of aliphatic hydroxyl groups excluding tert-OH is 9. The van der Waals surface area contributed by atoms with Gasteiger partial charge in [-0.15, -0.1) is 0 Å². The quantitative estimate of drug-likeness (QED) is 0.0779. The maximum atomic E-state index is 12.9. The Bertz CT molecular complexity index is 1480. The van der Waals surface area contributed by atoms with Gasteiger partial charge >= 0.3 is 12.0 Å². The number of aliphatic carboxylic acids is 1. The summed E-state index contributed by atoms with van der Waals surface area (Å²) in [6.45, 7) is -2.16. The normalized spacial score (nSPS) is 38.1. The number of ether oxygens (including phenoxy) is 5. The second kappa shape index (κ2) is 17.7. The van der Waals surface area contributed by atoms with Gasteiger partial charge in [0.25, 0.3) is 11.7 Å². The first-order valence-corrected chi connectivity index (χ1v) is 16.1. The number of carbonyl (C=O) groups excluding carboxylic acids is 2.